The molecule has 0 radical (unpaired) electrons. The molecule has 0 aromatic rings. The first-order chi connectivity index (χ1) is 16.8. The number of quaternary nitrogens is 1. The van der Waals surface area contributed by atoms with Gasteiger partial charge in [0, 0.05) is 31.8 Å². The van der Waals surface area contributed by atoms with Crippen molar-refractivity contribution in [3.8, 4) is 0 Å². The lowest BCUT2D eigenvalue weighted by molar-refractivity contribution is -0.870. The van der Waals surface area contributed by atoms with E-state index in [9.17, 15) is 9.69 Å². The summed E-state index contributed by atoms with van der Waals surface area (Å²) in [5.74, 6) is 0.172. The van der Waals surface area contributed by atoms with Crippen LogP contribution in [-0.2, 0) is 18.6 Å². The maximum absolute atomic E-state index is 11.9. The molecule has 0 aromatic heterocycles. The van der Waals surface area contributed by atoms with Gasteiger partial charge in [0.1, 0.15) is 5.78 Å². The minimum atomic E-state index is -1.90. The van der Waals surface area contributed by atoms with Crippen molar-refractivity contribution in [2.45, 2.75) is 117 Å². The second-order valence-electron chi connectivity index (χ2n) is 11.0. The Bertz CT molecular complexity index is 473. The topological polar surface area (TPSA) is 65.0 Å². The van der Waals surface area contributed by atoms with Crippen LogP contribution in [0.25, 0.3) is 0 Å². The van der Waals surface area contributed by atoms with Gasteiger partial charge in [-0.1, -0.05) is 90.9 Å². The summed E-state index contributed by atoms with van der Waals surface area (Å²) in [4.78, 5) is 21.9. The summed E-state index contributed by atoms with van der Waals surface area (Å²) in [6.07, 6.45) is 19.2. The third-order valence-corrected chi connectivity index (χ3v) is 7.03. The molecule has 2 atom stereocenters. The monoisotopic (exact) mass is 520 g/mol. The van der Waals surface area contributed by atoms with E-state index in [1.807, 2.05) is 6.92 Å². The van der Waals surface area contributed by atoms with Crippen molar-refractivity contribution in [2.75, 3.05) is 54.1 Å². The summed E-state index contributed by atoms with van der Waals surface area (Å²) >= 11 is 0. The van der Waals surface area contributed by atoms with E-state index >= 15 is 0 Å². The number of hydrogen-bond donors (Lipinski definition) is 1. The normalized spacial score (nSPS) is 13.8. The highest BCUT2D eigenvalue weighted by atomic mass is 31.2. The molecule has 0 saturated heterocycles. The smallest absolute Gasteiger partial charge is 0.329 e. The highest BCUT2D eigenvalue weighted by Crippen LogP contribution is 2.34. The molecule has 0 amide bonds. The van der Waals surface area contributed by atoms with Crippen LogP contribution in [0, 0.1) is 5.92 Å². The zero-order valence-electron chi connectivity index (χ0n) is 23.9. The fourth-order valence-electron chi connectivity index (χ4n) is 3.99. The van der Waals surface area contributed by atoms with Crippen LogP contribution in [0.3, 0.4) is 0 Å². The van der Waals surface area contributed by atoms with Gasteiger partial charge in [0.15, 0.2) is 0 Å². The van der Waals surface area contributed by atoms with Crippen molar-refractivity contribution in [1.29, 1.82) is 0 Å². The van der Waals surface area contributed by atoms with Crippen molar-refractivity contribution < 1.29 is 28.0 Å². The predicted molar refractivity (Wildman–Crippen MR) is 148 cm³/mol. The molecule has 0 spiro atoms. The van der Waals surface area contributed by atoms with Crippen molar-refractivity contribution in [2.24, 2.45) is 5.92 Å². The van der Waals surface area contributed by atoms with Gasteiger partial charge in [0.2, 0.25) is 0 Å². The number of ketones is 1. The van der Waals surface area contributed by atoms with Gasteiger partial charge in [-0.05, 0) is 6.42 Å². The third kappa shape index (κ3) is 26.8. The van der Waals surface area contributed by atoms with Gasteiger partial charge >= 0.3 is 8.60 Å². The van der Waals surface area contributed by atoms with Crippen LogP contribution >= 0.6 is 8.60 Å². The summed E-state index contributed by atoms with van der Waals surface area (Å²) in [5, 5.41) is 0. The summed E-state index contributed by atoms with van der Waals surface area (Å²) in [7, 11) is 4.49. The number of Topliss-reactive ketones (excluding diaryl/α,β-unsaturated/α-hetero) is 1. The second kappa shape index (κ2) is 24.2. The lowest BCUT2D eigenvalue weighted by Crippen LogP contribution is -2.35. The lowest BCUT2D eigenvalue weighted by Gasteiger charge is -2.24. The molecule has 35 heavy (non-hydrogen) atoms. The molecule has 0 fully saturated rings. The Labute approximate surface area is 219 Å². The number of unbranched alkanes of at least 4 members (excludes halogenated alkanes) is 12. The van der Waals surface area contributed by atoms with Gasteiger partial charge in [-0.25, -0.2) is 0 Å². The Kier molecular flexibility index (Phi) is 24.2. The Morgan fingerprint density at radius 1 is 0.743 bits per heavy atom. The second-order valence-corrected chi connectivity index (χ2v) is 12.0. The first-order valence-electron chi connectivity index (χ1n) is 14.4. The van der Waals surface area contributed by atoms with Crippen LogP contribution < -0.4 is 0 Å². The highest BCUT2D eigenvalue weighted by molar-refractivity contribution is 7.40. The molecular weight excluding hydrogens is 461 g/mol. The fraction of sp³-hybridized carbons (Fsp3) is 0.964. The van der Waals surface area contributed by atoms with Crippen LogP contribution in [0.5, 0.6) is 0 Å². The number of hydrogen-bond acceptors (Lipinski definition) is 5. The van der Waals surface area contributed by atoms with E-state index in [2.05, 4.69) is 28.1 Å². The number of nitrogens with zero attached hydrogens (tertiary/aromatic N) is 1. The molecule has 2 unspecified atom stereocenters. The molecule has 210 valence electrons. The van der Waals surface area contributed by atoms with E-state index < -0.39 is 8.60 Å². The Morgan fingerprint density at radius 3 is 1.80 bits per heavy atom. The average molecular weight is 521 g/mol. The first kappa shape index (κ1) is 34.9. The zero-order valence-corrected chi connectivity index (χ0v) is 24.8. The molecule has 0 heterocycles. The minimum Gasteiger partial charge on any atom is -0.381 e. The molecule has 7 heteroatoms. The van der Waals surface area contributed by atoms with Crippen molar-refractivity contribution in [1.82, 2.24) is 0 Å². The lowest BCUT2D eigenvalue weighted by atomic mass is 10.0. The molecule has 0 saturated carbocycles. The maximum atomic E-state index is 11.9. The van der Waals surface area contributed by atoms with Gasteiger partial charge in [-0.2, -0.15) is 0 Å². The predicted octanol–water partition coefficient (Wildman–Crippen LogP) is 7.43. The van der Waals surface area contributed by atoms with Crippen molar-refractivity contribution in [3.63, 3.8) is 0 Å². The molecule has 1 N–H and O–H groups in total. The third-order valence-electron chi connectivity index (χ3n) is 6.25. The average Bonchev–Trinajstić information content (AvgIpc) is 2.81. The van der Waals surface area contributed by atoms with Crippen molar-refractivity contribution >= 4 is 14.4 Å². The van der Waals surface area contributed by atoms with E-state index in [1.54, 1.807) is 0 Å². The Hall–Kier alpha value is -0.100. The molecular formula is C28H59NO5P+. The van der Waals surface area contributed by atoms with Gasteiger partial charge in [-0.3, -0.25) is 4.79 Å². The van der Waals surface area contributed by atoms with E-state index in [4.69, 9.17) is 13.8 Å². The van der Waals surface area contributed by atoms with E-state index in [1.165, 1.54) is 77.0 Å². The van der Waals surface area contributed by atoms with Gasteiger partial charge in [0.05, 0.1) is 47.5 Å². The van der Waals surface area contributed by atoms with Crippen molar-refractivity contribution in [3.05, 3.63) is 0 Å². The maximum Gasteiger partial charge on any atom is 0.329 e. The largest absolute Gasteiger partial charge is 0.381 e. The van der Waals surface area contributed by atoms with Crippen LogP contribution in [0.4, 0.5) is 0 Å². The Balaban J connectivity index is 3.78. The first-order valence-corrected chi connectivity index (χ1v) is 15.6. The van der Waals surface area contributed by atoms with Gasteiger partial charge in [-0.15, -0.1) is 0 Å². The highest BCUT2D eigenvalue weighted by Gasteiger charge is 2.17. The van der Waals surface area contributed by atoms with Crippen LogP contribution in [0.15, 0.2) is 0 Å². The Morgan fingerprint density at radius 2 is 1.29 bits per heavy atom. The molecule has 0 aromatic carbocycles. The molecule has 0 aliphatic rings. The quantitative estimate of drug-likeness (QED) is 0.0693. The molecule has 6 nitrogen and oxygen atoms in total. The minimum absolute atomic E-state index is 0.0311. The standard InChI is InChI=1S/C28H59NO5P/c1-6-8-9-10-11-12-13-14-15-16-17-18-19-22-32-25-27(24-28(30)7-2)26-34-35(31)33-23-20-21-29(3,4)5/h27,31H,6-26H2,1-5H3/q+1. The summed E-state index contributed by atoms with van der Waals surface area (Å²) in [5.41, 5.74) is 0. The summed E-state index contributed by atoms with van der Waals surface area (Å²) in [6.45, 7) is 7.12. The number of carbonyl (C=O) groups excluding carboxylic acids is 1. The summed E-state index contributed by atoms with van der Waals surface area (Å²) < 4.78 is 17.7. The van der Waals surface area contributed by atoms with Crippen LogP contribution in [-0.4, -0.2) is 69.3 Å². The van der Waals surface area contributed by atoms with Gasteiger partial charge < -0.3 is 23.2 Å². The van der Waals surface area contributed by atoms with E-state index in [-0.39, 0.29) is 11.7 Å². The zero-order chi connectivity index (χ0) is 26.2. The SMILES string of the molecule is CCCCCCCCCCCCCCCOCC(COP(O)OCCC[N+](C)(C)C)CC(=O)CC. The number of rotatable bonds is 27. The molecule has 0 aliphatic carbocycles. The molecule has 0 bridgehead atoms. The molecule has 0 rings (SSSR count). The fourth-order valence-corrected chi connectivity index (χ4v) is 4.69. The van der Waals surface area contributed by atoms with E-state index in [0.29, 0.717) is 32.7 Å². The number of carbonyl (C=O) groups is 1. The number of ether oxygens (including phenoxy) is 1. The van der Waals surface area contributed by atoms with Gasteiger partial charge in [0.25, 0.3) is 0 Å². The van der Waals surface area contributed by atoms with Crippen LogP contribution in [0.1, 0.15) is 117 Å². The molecule has 0 aliphatic heterocycles. The summed E-state index contributed by atoms with van der Waals surface area (Å²) in [6, 6.07) is 0. The van der Waals surface area contributed by atoms with Crippen LogP contribution in [0.2, 0.25) is 0 Å². The van der Waals surface area contributed by atoms with E-state index in [0.717, 1.165) is 30.5 Å².